The van der Waals surface area contributed by atoms with Crippen molar-refractivity contribution in [1.82, 2.24) is 9.62 Å². The Labute approximate surface area is 181 Å². The number of rotatable bonds is 9. The molecule has 0 saturated heterocycles. The Balaban J connectivity index is 2.20. The molecular weight excluding hydrogens is 446 g/mol. The Morgan fingerprint density at radius 1 is 1.00 bits per heavy atom. The van der Waals surface area contributed by atoms with E-state index in [-0.39, 0.29) is 21.9 Å². The molecule has 0 heterocycles. The standard InChI is InChI=1S/C19H23N3O7S2/c1-4-21(5-2)31(28,29)17-8-6-14(7-9-17)13-20-19(23)15-10-16(22(24)25)12-18(11-15)30(3,26)27/h6-12H,4-5,13H2,1-3H3,(H,20,23). The molecule has 0 aliphatic heterocycles. The molecule has 0 spiro atoms. The van der Waals surface area contributed by atoms with Crippen LogP contribution in [0, 0.1) is 10.1 Å². The molecule has 10 nitrogen and oxygen atoms in total. The van der Waals surface area contributed by atoms with Gasteiger partial charge in [-0.1, -0.05) is 26.0 Å². The molecule has 0 bridgehead atoms. The van der Waals surface area contributed by atoms with Crippen molar-refractivity contribution < 1.29 is 26.6 Å². The Hall–Kier alpha value is -2.83. The van der Waals surface area contributed by atoms with E-state index in [1.54, 1.807) is 26.0 Å². The number of benzene rings is 2. The lowest BCUT2D eigenvalue weighted by Gasteiger charge is -2.18. The van der Waals surface area contributed by atoms with Crippen LogP contribution in [-0.2, 0) is 26.4 Å². The van der Waals surface area contributed by atoms with Gasteiger partial charge in [0.1, 0.15) is 0 Å². The van der Waals surface area contributed by atoms with Gasteiger partial charge < -0.3 is 5.32 Å². The summed E-state index contributed by atoms with van der Waals surface area (Å²) in [5.41, 5.74) is -0.0880. The van der Waals surface area contributed by atoms with E-state index in [1.807, 2.05) is 0 Å². The third-order valence-electron chi connectivity index (χ3n) is 4.51. The maximum absolute atomic E-state index is 12.5. The van der Waals surface area contributed by atoms with E-state index in [4.69, 9.17) is 0 Å². The van der Waals surface area contributed by atoms with Gasteiger partial charge in [0.05, 0.1) is 14.7 Å². The van der Waals surface area contributed by atoms with Crippen LogP contribution >= 0.6 is 0 Å². The van der Waals surface area contributed by atoms with Crippen molar-refractivity contribution in [3.05, 3.63) is 63.7 Å². The predicted molar refractivity (Wildman–Crippen MR) is 114 cm³/mol. The lowest BCUT2D eigenvalue weighted by Crippen LogP contribution is -2.30. The molecule has 0 saturated carbocycles. The zero-order chi connectivity index (χ0) is 23.4. The largest absolute Gasteiger partial charge is 0.348 e. The summed E-state index contributed by atoms with van der Waals surface area (Å²) in [6, 6.07) is 8.91. The summed E-state index contributed by atoms with van der Waals surface area (Å²) in [5, 5.41) is 13.6. The van der Waals surface area contributed by atoms with Gasteiger partial charge in [-0.2, -0.15) is 4.31 Å². The minimum atomic E-state index is -3.76. The molecule has 2 aromatic rings. The van der Waals surface area contributed by atoms with Crippen LogP contribution in [0.15, 0.2) is 52.3 Å². The quantitative estimate of drug-likeness (QED) is 0.437. The highest BCUT2D eigenvalue weighted by Gasteiger charge is 2.22. The molecule has 0 aliphatic rings. The highest BCUT2D eigenvalue weighted by Crippen LogP contribution is 2.21. The molecular formula is C19H23N3O7S2. The molecule has 168 valence electrons. The number of carbonyl (C=O) groups is 1. The van der Waals surface area contributed by atoms with Crippen LogP contribution in [0.4, 0.5) is 5.69 Å². The van der Waals surface area contributed by atoms with Crippen LogP contribution < -0.4 is 5.32 Å². The normalized spacial score (nSPS) is 12.0. The van der Waals surface area contributed by atoms with E-state index in [0.29, 0.717) is 18.7 Å². The first-order chi connectivity index (χ1) is 14.4. The first-order valence-electron chi connectivity index (χ1n) is 9.27. The van der Waals surface area contributed by atoms with Crippen LogP contribution in [0.3, 0.4) is 0 Å². The Morgan fingerprint density at radius 2 is 1.58 bits per heavy atom. The van der Waals surface area contributed by atoms with E-state index < -0.39 is 36.4 Å². The van der Waals surface area contributed by atoms with Gasteiger partial charge in [0, 0.05) is 43.6 Å². The second-order valence-electron chi connectivity index (χ2n) is 6.66. The maximum Gasteiger partial charge on any atom is 0.271 e. The first kappa shape index (κ1) is 24.4. The molecule has 12 heteroatoms. The monoisotopic (exact) mass is 469 g/mol. The average molecular weight is 470 g/mol. The molecule has 0 aromatic heterocycles. The molecule has 2 aromatic carbocycles. The number of carbonyl (C=O) groups excluding carboxylic acids is 1. The van der Waals surface area contributed by atoms with Crippen molar-refractivity contribution in [3.63, 3.8) is 0 Å². The number of amides is 1. The number of nitrogens with zero attached hydrogens (tertiary/aromatic N) is 2. The molecule has 0 radical (unpaired) electrons. The van der Waals surface area contributed by atoms with Gasteiger partial charge in [-0.05, 0) is 23.8 Å². The Kier molecular flexibility index (Phi) is 7.52. The number of hydrogen-bond acceptors (Lipinski definition) is 7. The summed E-state index contributed by atoms with van der Waals surface area (Å²) in [6.45, 7) is 4.19. The molecule has 1 N–H and O–H groups in total. The zero-order valence-corrected chi connectivity index (χ0v) is 18.9. The summed E-state index contributed by atoms with van der Waals surface area (Å²) in [7, 11) is -7.36. The SMILES string of the molecule is CCN(CC)S(=O)(=O)c1ccc(CNC(=O)c2cc([N+](=O)[O-])cc(S(C)(=O)=O)c2)cc1. The number of sulfonamides is 1. The fourth-order valence-corrected chi connectivity index (χ4v) is 4.94. The van der Waals surface area contributed by atoms with E-state index in [0.717, 1.165) is 24.5 Å². The molecule has 0 atom stereocenters. The fourth-order valence-electron chi connectivity index (χ4n) is 2.81. The van der Waals surface area contributed by atoms with Crippen molar-refractivity contribution in [2.45, 2.75) is 30.2 Å². The molecule has 1 amide bonds. The smallest absolute Gasteiger partial charge is 0.271 e. The van der Waals surface area contributed by atoms with Crippen molar-refractivity contribution in [2.75, 3.05) is 19.3 Å². The molecule has 0 aliphatic carbocycles. The summed E-state index contributed by atoms with van der Waals surface area (Å²) in [5.74, 6) is -0.701. The van der Waals surface area contributed by atoms with Gasteiger partial charge in [-0.25, -0.2) is 16.8 Å². The van der Waals surface area contributed by atoms with Gasteiger partial charge >= 0.3 is 0 Å². The minimum absolute atomic E-state index is 0.0152. The predicted octanol–water partition coefficient (Wildman–Crippen LogP) is 1.96. The summed E-state index contributed by atoms with van der Waals surface area (Å²) in [4.78, 5) is 22.5. The third kappa shape index (κ3) is 5.87. The molecule has 31 heavy (non-hydrogen) atoms. The number of nitro groups is 1. The highest BCUT2D eigenvalue weighted by atomic mass is 32.2. The van der Waals surface area contributed by atoms with E-state index in [9.17, 15) is 31.7 Å². The fraction of sp³-hybridized carbons (Fsp3) is 0.316. The number of non-ortho nitro benzene ring substituents is 1. The van der Waals surface area contributed by atoms with Gasteiger partial charge in [0.25, 0.3) is 11.6 Å². The van der Waals surface area contributed by atoms with Crippen LogP contribution in [-0.4, -0.2) is 51.3 Å². The third-order valence-corrected chi connectivity index (χ3v) is 7.67. The van der Waals surface area contributed by atoms with Crippen molar-refractivity contribution in [1.29, 1.82) is 0 Å². The summed E-state index contributed by atoms with van der Waals surface area (Å²) >= 11 is 0. The van der Waals surface area contributed by atoms with Crippen LogP contribution in [0.1, 0.15) is 29.8 Å². The maximum atomic E-state index is 12.5. The number of nitro benzene ring substituents is 1. The number of hydrogen-bond donors (Lipinski definition) is 1. The zero-order valence-electron chi connectivity index (χ0n) is 17.2. The lowest BCUT2D eigenvalue weighted by molar-refractivity contribution is -0.385. The summed E-state index contributed by atoms with van der Waals surface area (Å²) < 4.78 is 49.9. The highest BCUT2D eigenvalue weighted by molar-refractivity contribution is 7.90. The van der Waals surface area contributed by atoms with Crippen molar-refractivity contribution in [3.8, 4) is 0 Å². The van der Waals surface area contributed by atoms with E-state index >= 15 is 0 Å². The second-order valence-corrected chi connectivity index (χ2v) is 10.6. The molecule has 0 unspecified atom stereocenters. The Morgan fingerprint density at radius 3 is 2.06 bits per heavy atom. The first-order valence-corrected chi connectivity index (χ1v) is 12.6. The lowest BCUT2D eigenvalue weighted by atomic mass is 10.1. The van der Waals surface area contributed by atoms with Crippen molar-refractivity contribution in [2.24, 2.45) is 0 Å². The molecule has 2 rings (SSSR count). The van der Waals surface area contributed by atoms with Gasteiger partial charge in [-0.3, -0.25) is 14.9 Å². The van der Waals surface area contributed by atoms with Crippen LogP contribution in [0.2, 0.25) is 0 Å². The van der Waals surface area contributed by atoms with Gasteiger partial charge in [0.2, 0.25) is 10.0 Å². The van der Waals surface area contributed by atoms with E-state index in [2.05, 4.69) is 5.32 Å². The average Bonchev–Trinajstić information content (AvgIpc) is 2.72. The minimum Gasteiger partial charge on any atom is -0.348 e. The van der Waals surface area contributed by atoms with E-state index in [1.165, 1.54) is 16.4 Å². The van der Waals surface area contributed by atoms with Gasteiger partial charge in [-0.15, -0.1) is 0 Å². The van der Waals surface area contributed by atoms with Crippen molar-refractivity contribution >= 4 is 31.5 Å². The van der Waals surface area contributed by atoms with Crippen LogP contribution in [0.5, 0.6) is 0 Å². The number of nitrogens with one attached hydrogen (secondary N) is 1. The van der Waals surface area contributed by atoms with Crippen LogP contribution in [0.25, 0.3) is 0 Å². The Bertz CT molecular complexity index is 1190. The summed E-state index contributed by atoms with van der Waals surface area (Å²) in [6.07, 6.45) is 0.890. The second kappa shape index (κ2) is 9.54. The number of sulfone groups is 1. The topological polar surface area (TPSA) is 144 Å². The molecule has 0 fully saturated rings. The van der Waals surface area contributed by atoms with Gasteiger partial charge in [0.15, 0.2) is 9.84 Å².